The predicted octanol–water partition coefficient (Wildman–Crippen LogP) is 1.95. The van der Waals surface area contributed by atoms with Crippen LogP contribution in [0.4, 0.5) is 8.78 Å². The van der Waals surface area contributed by atoms with Gasteiger partial charge in [0.25, 0.3) is 5.88 Å². The van der Waals surface area contributed by atoms with Crippen LogP contribution < -0.4 is 4.74 Å². The van der Waals surface area contributed by atoms with Crippen LogP contribution in [-0.2, 0) is 4.74 Å². The molecule has 0 bridgehead atoms. The number of methoxy groups -OCH3 is 2. The van der Waals surface area contributed by atoms with Gasteiger partial charge in [0, 0.05) is 0 Å². The Hall–Kier alpha value is -2.44. The van der Waals surface area contributed by atoms with Gasteiger partial charge in [-0.05, 0) is 12.1 Å². The number of hydrogen-bond donors (Lipinski definition) is 0. The molecular formula is C12H10F2N2O3. The number of ether oxygens (including phenoxy) is 2. The number of nitrogens with zero attached hydrogens (tertiary/aromatic N) is 2. The second-order valence-corrected chi connectivity index (χ2v) is 3.53. The normalized spacial score (nSPS) is 10.3. The van der Waals surface area contributed by atoms with Crippen molar-refractivity contribution in [3.8, 4) is 11.6 Å². The molecule has 5 nitrogen and oxygen atoms in total. The molecule has 0 aliphatic carbocycles. The molecule has 0 N–H and O–H groups in total. The van der Waals surface area contributed by atoms with Gasteiger partial charge in [-0.15, -0.1) is 0 Å². The number of para-hydroxylation sites is 1. The van der Waals surface area contributed by atoms with E-state index in [2.05, 4.69) is 9.84 Å². The summed E-state index contributed by atoms with van der Waals surface area (Å²) in [6.07, 6.45) is 0. The van der Waals surface area contributed by atoms with Crippen molar-refractivity contribution in [1.82, 2.24) is 9.78 Å². The number of hydrogen-bond acceptors (Lipinski definition) is 4. The molecule has 0 aliphatic heterocycles. The fourth-order valence-electron chi connectivity index (χ4n) is 1.57. The van der Waals surface area contributed by atoms with Gasteiger partial charge in [-0.3, -0.25) is 0 Å². The highest BCUT2D eigenvalue weighted by Crippen LogP contribution is 2.25. The summed E-state index contributed by atoms with van der Waals surface area (Å²) in [6, 6.07) is 5.60. The summed E-state index contributed by atoms with van der Waals surface area (Å²) in [4.78, 5) is 11.3. The zero-order chi connectivity index (χ0) is 14.0. The Labute approximate surface area is 107 Å². The maximum atomic E-state index is 13.9. The molecule has 0 saturated carbocycles. The lowest BCUT2D eigenvalue weighted by Gasteiger charge is -2.06. The number of aromatic nitrogens is 2. The molecule has 1 heterocycles. The second-order valence-electron chi connectivity index (χ2n) is 3.53. The van der Waals surface area contributed by atoms with Gasteiger partial charge in [-0.2, -0.15) is 14.2 Å². The highest BCUT2D eigenvalue weighted by Gasteiger charge is 2.26. The molecule has 19 heavy (non-hydrogen) atoms. The van der Waals surface area contributed by atoms with Crippen molar-refractivity contribution in [3.05, 3.63) is 41.6 Å². The fourth-order valence-corrected chi connectivity index (χ4v) is 1.57. The van der Waals surface area contributed by atoms with Crippen LogP contribution in [-0.4, -0.2) is 30.0 Å². The Balaban J connectivity index is 2.64. The summed E-state index contributed by atoms with van der Waals surface area (Å²) >= 11 is 0. The summed E-state index contributed by atoms with van der Waals surface area (Å²) in [5, 5.41) is 3.68. The molecule has 0 fully saturated rings. The largest absolute Gasteiger partial charge is 0.479 e. The van der Waals surface area contributed by atoms with Crippen LogP contribution >= 0.6 is 0 Å². The number of carbonyl (C=O) groups excluding carboxylic acids is 1. The maximum absolute atomic E-state index is 13.9. The van der Waals surface area contributed by atoms with E-state index in [-0.39, 0.29) is 11.6 Å². The zero-order valence-electron chi connectivity index (χ0n) is 10.2. The van der Waals surface area contributed by atoms with Crippen molar-refractivity contribution < 1.29 is 23.0 Å². The van der Waals surface area contributed by atoms with Crippen molar-refractivity contribution in [2.75, 3.05) is 14.2 Å². The maximum Gasteiger partial charge on any atom is 0.361 e. The van der Waals surface area contributed by atoms with Crippen molar-refractivity contribution in [1.29, 1.82) is 0 Å². The van der Waals surface area contributed by atoms with Crippen molar-refractivity contribution in [3.63, 3.8) is 0 Å². The van der Waals surface area contributed by atoms with E-state index < -0.39 is 23.3 Å². The number of halogens is 2. The van der Waals surface area contributed by atoms with E-state index in [4.69, 9.17) is 4.74 Å². The summed E-state index contributed by atoms with van der Waals surface area (Å²) in [6.45, 7) is 0. The standard InChI is InChI=1S/C12H10F2N2O3/c1-18-11-9(14)10(12(17)19-2)15-16(11)8-6-4-3-5-7(8)13/h3-6H,1-2H3. The van der Waals surface area contributed by atoms with Gasteiger partial charge in [0.2, 0.25) is 11.5 Å². The SMILES string of the molecule is COC(=O)c1nn(-c2ccccc2F)c(OC)c1F. The summed E-state index contributed by atoms with van der Waals surface area (Å²) < 4.78 is 37.7. The lowest BCUT2D eigenvalue weighted by Crippen LogP contribution is -2.06. The molecule has 0 spiro atoms. The summed E-state index contributed by atoms with van der Waals surface area (Å²) in [5.74, 6) is -2.96. The van der Waals surface area contributed by atoms with E-state index in [1.54, 1.807) is 6.07 Å². The van der Waals surface area contributed by atoms with Crippen LogP contribution in [0.3, 0.4) is 0 Å². The molecule has 7 heteroatoms. The summed E-state index contributed by atoms with van der Waals surface area (Å²) in [7, 11) is 2.29. The van der Waals surface area contributed by atoms with Gasteiger partial charge in [0.05, 0.1) is 14.2 Å². The van der Waals surface area contributed by atoms with Crippen LogP contribution in [0.25, 0.3) is 5.69 Å². The van der Waals surface area contributed by atoms with E-state index in [0.29, 0.717) is 0 Å². The molecule has 0 aliphatic rings. The zero-order valence-corrected chi connectivity index (χ0v) is 10.2. The minimum Gasteiger partial charge on any atom is -0.479 e. The molecule has 100 valence electrons. The summed E-state index contributed by atoms with van der Waals surface area (Å²) in [5.41, 5.74) is -0.601. The molecule has 1 aromatic heterocycles. The Morgan fingerprint density at radius 1 is 1.26 bits per heavy atom. The quantitative estimate of drug-likeness (QED) is 0.798. The molecule has 0 amide bonds. The first-order valence-corrected chi connectivity index (χ1v) is 5.26. The second kappa shape index (κ2) is 5.05. The van der Waals surface area contributed by atoms with E-state index in [9.17, 15) is 13.6 Å². The molecule has 2 rings (SSSR count). The van der Waals surface area contributed by atoms with Gasteiger partial charge >= 0.3 is 5.97 Å². The first-order chi connectivity index (χ1) is 9.10. The highest BCUT2D eigenvalue weighted by molar-refractivity contribution is 5.88. The third kappa shape index (κ3) is 2.14. The van der Waals surface area contributed by atoms with Crippen molar-refractivity contribution in [2.24, 2.45) is 0 Å². The van der Waals surface area contributed by atoms with Crippen LogP contribution in [0.1, 0.15) is 10.5 Å². The van der Waals surface area contributed by atoms with Crippen molar-refractivity contribution in [2.45, 2.75) is 0 Å². The van der Waals surface area contributed by atoms with E-state index in [1.807, 2.05) is 0 Å². The predicted molar refractivity (Wildman–Crippen MR) is 61.4 cm³/mol. The molecule has 0 radical (unpaired) electrons. The number of rotatable bonds is 3. The van der Waals surface area contributed by atoms with Crippen molar-refractivity contribution >= 4 is 5.97 Å². The Bertz CT molecular complexity index is 625. The molecule has 1 aromatic carbocycles. The average Bonchev–Trinajstić information content (AvgIpc) is 2.75. The van der Waals surface area contributed by atoms with Crippen LogP contribution in [0.5, 0.6) is 5.88 Å². The van der Waals surface area contributed by atoms with Gasteiger partial charge in [-0.25, -0.2) is 9.18 Å². The number of benzene rings is 1. The Morgan fingerprint density at radius 3 is 2.53 bits per heavy atom. The van der Waals surface area contributed by atoms with Gasteiger partial charge in [-0.1, -0.05) is 12.1 Å². The Morgan fingerprint density at radius 2 is 1.95 bits per heavy atom. The average molecular weight is 268 g/mol. The third-order valence-electron chi connectivity index (χ3n) is 2.44. The lowest BCUT2D eigenvalue weighted by molar-refractivity contribution is 0.0588. The molecule has 0 unspecified atom stereocenters. The van der Waals surface area contributed by atoms with Gasteiger partial charge in [0.1, 0.15) is 11.5 Å². The van der Waals surface area contributed by atoms with E-state index in [0.717, 1.165) is 11.8 Å². The monoisotopic (exact) mass is 268 g/mol. The highest BCUT2D eigenvalue weighted by atomic mass is 19.1. The molecular weight excluding hydrogens is 258 g/mol. The first-order valence-electron chi connectivity index (χ1n) is 5.26. The van der Waals surface area contributed by atoms with Crippen LogP contribution in [0, 0.1) is 11.6 Å². The molecule has 0 atom stereocenters. The topological polar surface area (TPSA) is 53.3 Å². The van der Waals surface area contributed by atoms with Gasteiger partial charge in [0.15, 0.2) is 0 Å². The van der Waals surface area contributed by atoms with E-state index in [1.165, 1.54) is 25.3 Å². The fraction of sp³-hybridized carbons (Fsp3) is 0.167. The third-order valence-corrected chi connectivity index (χ3v) is 2.44. The smallest absolute Gasteiger partial charge is 0.361 e. The molecule has 2 aromatic rings. The Kier molecular flexibility index (Phi) is 3.46. The molecule has 0 saturated heterocycles. The van der Waals surface area contributed by atoms with Gasteiger partial charge < -0.3 is 9.47 Å². The van der Waals surface area contributed by atoms with Crippen LogP contribution in [0.15, 0.2) is 24.3 Å². The number of esters is 1. The minimum absolute atomic E-state index is 0.0339. The van der Waals surface area contributed by atoms with Crippen LogP contribution in [0.2, 0.25) is 0 Å². The first kappa shape index (κ1) is 13.0. The number of carbonyl (C=O) groups is 1. The minimum atomic E-state index is -1.00. The van der Waals surface area contributed by atoms with E-state index >= 15 is 0 Å². The lowest BCUT2D eigenvalue weighted by atomic mass is 10.3.